The number of benzene rings is 1. The molecule has 0 fully saturated rings. The van der Waals surface area contributed by atoms with Crippen molar-refractivity contribution in [2.75, 3.05) is 0 Å². The average Bonchev–Trinajstić information content (AvgIpc) is 2.24. The van der Waals surface area contributed by atoms with E-state index < -0.39 is 45.6 Å². The Labute approximate surface area is 91.9 Å². The summed E-state index contributed by atoms with van der Waals surface area (Å²) in [5.74, 6) is -7.14. The van der Waals surface area contributed by atoms with Gasteiger partial charge in [0.2, 0.25) is 0 Å². The normalized spacial score (nSPS) is 27.7. The molecule has 6 heteroatoms. The van der Waals surface area contributed by atoms with Crippen molar-refractivity contribution in [1.29, 1.82) is 0 Å². The summed E-state index contributed by atoms with van der Waals surface area (Å²) in [7, 11) is 0. The molecule has 17 heavy (non-hydrogen) atoms. The molecule has 2 unspecified atom stereocenters. The molecule has 0 spiro atoms. The second kappa shape index (κ2) is 3.51. The zero-order valence-electron chi connectivity index (χ0n) is 8.50. The van der Waals surface area contributed by atoms with Gasteiger partial charge in [-0.05, 0) is 24.3 Å². The van der Waals surface area contributed by atoms with Gasteiger partial charge in [0.05, 0.1) is 5.22 Å². The lowest BCUT2D eigenvalue weighted by Crippen LogP contribution is -2.46. The van der Waals surface area contributed by atoms with Crippen LogP contribution in [0.5, 0.6) is 0 Å². The molecular weight excluding hydrogens is 246 g/mol. The molecule has 92 valence electrons. The first-order valence-corrected chi connectivity index (χ1v) is 4.65. The lowest BCUT2D eigenvalue weighted by atomic mass is 9.92. The maximum absolute atomic E-state index is 13.5. The SMILES string of the molecule is CC1(F)C(F)=c2c(F)c(F)c(F)cc2=CC1F. The molecule has 0 aromatic heterocycles. The van der Waals surface area contributed by atoms with Gasteiger partial charge in [0.1, 0.15) is 0 Å². The standard InChI is InChI=1S/C11H6F6/c1-11(17)6(13)3-4-2-5(12)8(14)9(15)7(4)10(11)16/h2-3,6H,1H3. The lowest BCUT2D eigenvalue weighted by molar-refractivity contribution is 0.145. The maximum Gasteiger partial charge on any atom is 0.195 e. The van der Waals surface area contributed by atoms with Crippen molar-refractivity contribution < 1.29 is 26.3 Å². The molecule has 1 aliphatic carbocycles. The van der Waals surface area contributed by atoms with Crippen LogP contribution in [0.1, 0.15) is 6.92 Å². The minimum absolute atomic E-state index is 0.426. The van der Waals surface area contributed by atoms with Crippen LogP contribution in [0.4, 0.5) is 26.3 Å². The third kappa shape index (κ3) is 1.54. The van der Waals surface area contributed by atoms with E-state index in [0.717, 1.165) is 0 Å². The van der Waals surface area contributed by atoms with Crippen molar-refractivity contribution in [2.24, 2.45) is 0 Å². The topological polar surface area (TPSA) is 0 Å². The summed E-state index contributed by atoms with van der Waals surface area (Å²) in [5.41, 5.74) is -3.09. The first-order valence-electron chi connectivity index (χ1n) is 4.65. The highest BCUT2D eigenvalue weighted by atomic mass is 19.2. The molecule has 0 N–H and O–H groups in total. The van der Waals surface area contributed by atoms with Gasteiger partial charge in [-0.2, -0.15) is 0 Å². The molecule has 2 atom stereocenters. The third-order valence-corrected chi connectivity index (χ3v) is 2.69. The molecule has 0 amide bonds. The monoisotopic (exact) mass is 252 g/mol. The first-order chi connectivity index (χ1) is 7.76. The molecule has 1 aliphatic rings. The number of halogens is 6. The van der Waals surface area contributed by atoms with Gasteiger partial charge in [-0.1, -0.05) is 0 Å². The van der Waals surface area contributed by atoms with Crippen LogP contribution in [0.2, 0.25) is 0 Å². The van der Waals surface area contributed by atoms with Crippen molar-refractivity contribution in [3.05, 3.63) is 34.0 Å². The summed E-state index contributed by atoms with van der Waals surface area (Å²) in [4.78, 5) is 0. The Morgan fingerprint density at radius 2 is 1.71 bits per heavy atom. The molecule has 0 radical (unpaired) electrons. The van der Waals surface area contributed by atoms with E-state index >= 15 is 0 Å². The fourth-order valence-corrected chi connectivity index (χ4v) is 1.65. The van der Waals surface area contributed by atoms with Gasteiger partial charge < -0.3 is 0 Å². The fraction of sp³-hybridized carbons (Fsp3) is 0.273. The van der Waals surface area contributed by atoms with Crippen LogP contribution in [0.15, 0.2) is 6.07 Å². The second-order valence-corrected chi connectivity index (χ2v) is 3.91. The quantitative estimate of drug-likeness (QED) is 0.489. The average molecular weight is 252 g/mol. The van der Waals surface area contributed by atoms with Gasteiger partial charge in [0.15, 0.2) is 35.1 Å². The van der Waals surface area contributed by atoms with Crippen molar-refractivity contribution >= 4 is 11.9 Å². The molecule has 1 aromatic rings. The highest BCUT2D eigenvalue weighted by molar-refractivity contribution is 5.57. The van der Waals surface area contributed by atoms with Crippen LogP contribution in [0, 0.1) is 17.5 Å². The predicted molar refractivity (Wildman–Crippen MR) is 49.0 cm³/mol. The number of rotatable bonds is 0. The zero-order chi connectivity index (χ0) is 13.0. The highest BCUT2D eigenvalue weighted by Gasteiger charge is 2.42. The zero-order valence-corrected chi connectivity index (χ0v) is 8.50. The minimum Gasteiger partial charge on any atom is -0.239 e. The molecular formula is C11H6F6. The summed E-state index contributed by atoms with van der Waals surface area (Å²) >= 11 is 0. The van der Waals surface area contributed by atoms with Gasteiger partial charge >= 0.3 is 0 Å². The largest absolute Gasteiger partial charge is 0.239 e. The third-order valence-electron chi connectivity index (χ3n) is 2.69. The van der Waals surface area contributed by atoms with Crippen LogP contribution in [0.25, 0.3) is 11.9 Å². The minimum atomic E-state index is -3.09. The Morgan fingerprint density at radius 3 is 2.29 bits per heavy atom. The number of fused-ring (bicyclic) bond motifs is 1. The van der Waals surface area contributed by atoms with E-state index in [2.05, 4.69) is 0 Å². The van der Waals surface area contributed by atoms with E-state index in [1.807, 2.05) is 0 Å². The van der Waals surface area contributed by atoms with E-state index in [1.165, 1.54) is 0 Å². The molecule has 0 saturated carbocycles. The van der Waals surface area contributed by atoms with Gasteiger partial charge in [-0.3, -0.25) is 0 Å². The van der Waals surface area contributed by atoms with Crippen LogP contribution in [-0.4, -0.2) is 11.8 Å². The molecule has 0 bridgehead atoms. The van der Waals surface area contributed by atoms with Crippen molar-refractivity contribution in [2.45, 2.75) is 18.8 Å². The van der Waals surface area contributed by atoms with Crippen LogP contribution in [0.3, 0.4) is 0 Å². The van der Waals surface area contributed by atoms with Crippen molar-refractivity contribution in [1.82, 2.24) is 0 Å². The number of alkyl halides is 2. The van der Waals surface area contributed by atoms with E-state index in [4.69, 9.17) is 0 Å². The Kier molecular flexibility index (Phi) is 2.48. The van der Waals surface area contributed by atoms with Crippen LogP contribution < -0.4 is 10.4 Å². The van der Waals surface area contributed by atoms with E-state index in [-0.39, 0.29) is 0 Å². The predicted octanol–water partition coefficient (Wildman–Crippen LogP) is 2.04. The molecule has 1 aromatic carbocycles. The van der Waals surface area contributed by atoms with Crippen molar-refractivity contribution in [3.63, 3.8) is 0 Å². The lowest BCUT2D eigenvalue weighted by Gasteiger charge is -2.23. The molecule has 0 aliphatic heterocycles. The number of hydrogen-bond donors (Lipinski definition) is 0. The van der Waals surface area contributed by atoms with E-state index in [1.54, 1.807) is 0 Å². The highest BCUT2D eigenvalue weighted by Crippen LogP contribution is 2.31. The Balaban J connectivity index is 3.00. The summed E-state index contributed by atoms with van der Waals surface area (Å²) in [6.07, 6.45) is -1.87. The number of hydrogen-bond acceptors (Lipinski definition) is 0. The fourth-order valence-electron chi connectivity index (χ4n) is 1.65. The summed E-state index contributed by atoms with van der Waals surface area (Å²) < 4.78 is 79.3. The summed E-state index contributed by atoms with van der Waals surface area (Å²) in [6, 6.07) is 0.426. The van der Waals surface area contributed by atoms with Gasteiger partial charge in [0.25, 0.3) is 0 Å². The van der Waals surface area contributed by atoms with E-state index in [9.17, 15) is 26.3 Å². The molecule has 0 nitrogen and oxygen atoms in total. The Hall–Kier alpha value is -1.46. The molecule has 2 rings (SSSR count). The second-order valence-electron chi connectivity index (χ2n) is 3.91. The Morgan fingerprint density at radius 1 is 1.12 bits per heavy atom. The summed E-state index contributed by atoms with van der Waals surface area (Å²) in [6.45, 7) is 0.563. The maximum atomic E-state index is 13.5. The van der Waals surface area contributed by atoms with Crippen LogP contribution >= 0.6 is 0 Å². The molecule has 0 saturated heterocycles. The Bertz CT molecular complexity index is 601. The van der Waals surface area contributed by atoms with Crippen LogP contribution in [-0.2, 0) is 0 Å². The first kappa shape index (κ1) is 12.0. The van der Waals surface area contributed by atoms with E-state index in [0.29, 0.717) is 19.1 Å². The van der Waals surface area contributed by atoms with Gasteiger partial charge in [-0.25, -0.2) is 26.3 Å². The smallest absolute Gasteiger partial charge is 0.195 e. The molecule has 0 heterocycles. The van der Waals surface area contributed by atoms with Gasteiger partial charge in [-0.15, -0.1) is 0 Å². The van der Waals surface area contributed by atoms with Crippen molar-refractivity contribution in [3.8, 4) is 0 Å². The summed E-state index contributed by atoms with van der Waals surface area (Å²) in [5, 5.41) is -1.61. The van der Waals surface area contributed by atoms with Gasteiger partial charge in [0, 0.05) is 0 Å².